The molecule has 1 saturated heterocycles. The van der Waals surface area contributed by atoms with Crippen molar-refractivity contribution in [2.75, 3.05) is 26.2 Å². The Bertz CT molecular complexity index is 981. The lowest BCUT2D eigenvalue weighted by molar-refractivity contribution is -0.133. The van der Waals surface area contributed by atoms with Gasteiger partial charge in [0, 0.05) is 24.7 Å². The minimum absolute atomic E-state index is 0.0152. The lowest BCUT2D eigenvalue weighted by Gasteiger charge is -2.45. The third-order valence-corrected chi connectivity index (χ3v) is 8.03. The highest BCUT2D eigenvalue weighted by molar-refractivity contribution is 6.02. The standard InChI is InChI=1S/C26H38N4O3/c1-26(25(32)27-20-10-5-3-2-4-6-11-20)19-29-21-12-17-33-23(21)18-22(29)24(31)30(26)16-9-15-28-13-7-8-14-28/h12,17-18,20H,2-11,13-16,19H2,1H3,(H,27,32)/t26-/m0/s1. The van der Waals surface area contributed by atoms with Crippen LogP contribution in [0.15, 0.2) is 22.8 Å². The maximum absolute atomic E-state index is 13.8. The zero-order valence-electron chi connectivity index (χ0n) is 20.0. The second kappa shape index (κ2) is 9.53. The van der Waals surface area contributed by atoms with E-state index in [1.165, 1.54) is 32.1 Å². The number of carbonyl (C=O) groups is 2. The summed E-state index contributed by atoms with van der Waals surface area (Å²) in [5.41, 5.74) is 1.31. The molecule has 2 aromatic heterocycles. The van der Waals surface area contributed by atoms with Gasteiger partial charge >= 0.3 is 0 Å². The summed E-state index contributed by atoms with van der Waals surface area (Å²) in [6.45, 7) is 6.27. The number of amides is 2. The van der Waals surface area contributed by atoms with Crippen molar-refractivity contribution < 1.29 is 14.0 Å². The number of fused-ring (bicyclic) bond motifs is 3. The molecule has 2 aliphatic heterocycles. The minimum Gasteiger partial charge on any atom is -0.463 e. The van der Waals surface area contributed by atoms with Gasteiger partial charge in [0.25, 0.3) is 5.91 Å². The van der Waals surface area contributed by atoms with E-state index >= 15 is 0 Å². The van der Waals surface area contributed by atoms with Crippen LogP contribution in [0.5, 0.6) is 0 Å². The third kappa shape index (κ3) is 4.44. The van der Waals surface area contributed by atoms with Crippen LogP contribution < -0.4 is 5.32 Å². The second-order valence-corrected chi connectivity index (χ2v) is 10.4. The summed E-state index contributed by atoms with van der Waals surface area (Å²) in [5.74, 6) is -0.0806. The number of nitrogens with zero attached hydrogens (tertiary/aromatic N) is 3. The highest BCUT2D eigenvalue weighted by atomic mass is 16.3. The van der Waals surface area contributed by atoms with Crippen molar-refractivity contribution in [2.45, 2.75) is 89.3 Å². The number of likely N-dealkylation sites (tertiary alicyclic amines) is 1. The van der Waals surface area contributed by atoms with E-state index in [9.17, 15) is 9.59 Å². The highest BCUT2D eigenvalue weighted by Crippen LogP contribution is 2.33. The zero-order chi connectivity index (χ0) is 22.8. The van der Waals surface area contributed by atoms with E-state index in [0.717, 1.165) is 57.3 Å². The quantitative estimate of drug-likeness (QED) is 0.711. The van der Waals surface area contributed by atoms with Crippen LogP contribution in [0.2, 0.25) is 0 Å². The molecule has 7 nitrogen and oxygen atoms in total. The molecule has 1 N–H and O–H groups in total. The largest absolute Gasteiger partial charge is 0.463 e. The first kappa shape index (κ1) is 22.5. The van der Waals surface area contributed by atoms with Gasteiger partial charge in [0.2, 0.25) is 5.91 Å². The summed E-state index contributed by atoms with van der Waals surface area (Å²) in [4.78, 5) is 31.8. The fraction of sp³-hybridized carbons (Fsp3) is 0.692. The molecule has 4 heterocycles. The summed E-state index contributed by atoms with van der Waals surface area (Å²) in [6.07, 6.45) is 13.2. The van der Waals surface area contributed by atoms with Gasteiger partial charge in [0.15, 0.2) is 5.58 Å². The van der Waals surface area contributed by atoms with Crippen LogP contribution in [0, 0.1) is 0 Å². The molecule has 33 heavy (non-hydrogen) atoms. The van der Waals surface area contributed by atoms with Crippen molar-refractivity contribution in [1.82, 2.24) is 19.7 Å². The van der Waals surface area contributed by atoms with Gasteiger partial charge in [-0.3, -0.25) is 9.59 Å². The summed E-state index contributed by atoms with van der Waals surface area (Å²) in [7, 11) is 0. The number of carbonyl (C=O) groups excluding carboxylic acids is 2. The fourth-order valence-electron chi connectivity index (χ4n) is 6.02. The van der Waals surface area contributed by atoms with Gasteiger partial charge in [-0.05, 0) is 58.7 Å². The molecule has 0 aromatic carbocycles. The first-order chi connectivity index (χ1) is 16.1. The topological polar surface area (TPSA) is 70.7 Å². The van der Waals surface area contributed by atoms with Crippen molar-refractivity contribution >= 4 is 22.9 Å². The lowest BCUT2D eigenvalue weighted by Crippen LogP contribution is -2.65. The molecule has 2 aromatic rings. The molecule has 0 unspecified atom stereocenters. The Labute approximate surface area is 196 Å². The van der Waals surface area contributed by atoms with Crippen LogP contribution in [-0.2, 0) is 11.3 Å². The van der Waals surface area contributed by atoms with Crippen LogP contribution in [0.25, 0.3) is 11.1 Å². The maximum Gasteiger partial charge on any atom is 0.271 e. The van der Waals surface area contributed by atoms with E-state index in [-0.39, 0.29) is 17.9 Å². The third-order valence-electron chi connectivity index (χ3n) is 8.03. The average Bonchev–Trinajstić information content (AvgIpc) is 3.51. The summed E-state index contributed by atoms with van der Waals surface area (Å²) >= 11 is 0. The first-order valence-electron chi connectivity index (χ1n) is 13.0. The maximum atomic E-state index is 13.8. The first-order valence-corrected chi connectivity index (χ1v) is 13.0. The van der Waals surface area contributed by atoms with Crippen LogP contribution in [0.1, 0.15) is 81.6 Å². The molecule has 1 atom stereocenters. The number of hydrogen-bond donors (Lipinski definition) is 1. The number of furan rings is 1. The Morgan fingerprint density at radius 1 is 1.09 bits per heavy atom. The molecule has 2 fully saturated rings. The van der Waals surface area contributed by atoms with E-state index in [1.54, 1.807) is 6.26 Å². The Balaban J connectivity index is 1.38. The monoisotopic (exact) mass is 454 g/mol. The average molecular weight is 455 g/mol. The van der Waals surface area contributed by atoms with Crippen molar-refractivity contribution in [3.63, 3.8) is 0 Å². The molecule has 0 spiro atoms. The molecule has 180 valence electrons. The van der Waals surface area contributed by atoms with Gasteiger partial charge in [-0.25, -0.2) is 0 Å². The van der Waals surface area contributed by atoms with E-state index in [1.807, 2.05) is 28.5 Å². The number of aromatic nitrogens is 1. The zero-order valence-corrected chi connectivity index (χ0v) is 20.0. The molecular formula is C26H38N4O3. The molecule has 7 heteroatoms. The predicted octanol–water partition coefficient (Wildman–Crippen LogP) is 4.16. The Morgan fingerprint density at radius 3 is 2.58 bits per heavy atom. The predicted molar refractivity (Wildman–Crippen MR) is 128 cm³/mol. The van der Waals surface area contributed by atoms with E-state index < -0.39 is 5.54 Å². The van der Waals surface area contributed by atoms with Gasteiger partial charge in [-0.2, -0.15) is 0 Å². The Morgan fingerprint density at radius 2 is 1.82 bits per heavy atom. The van der Waals surface area contributed by atoms with Crippen molar-refractivity contribution in [2.24, 2.45) is 0 Å². The molecule has 3 aliphatic rings. The van der Waals surface area contributed by atoms with Crippen molar-refractivity contribution in [3.8, 4) is 0 Å². The minimum atomic E-state index is -0.916. The van der Waals surface area contributed by atoms with Crippen LogP contribution >= 0.6 is 0 Å². The summed E-state index contributed by atoms with van der Waals surface area (Å²) in [6, 6.07) is 3.93. The van der Waals surface area contributed by atoms with Gasteiger partial charge in [0.1, 0.15) is 11.2 Å². The number of rotatable bonds is 6. The molecular weight excluding hydrogens is 416 g/mol. The van der Waals surface area contributed by atoms with E-state index in [4.69, 9.17) is 4.42 Å². The highest BCUT2D eigenvalue weighted by Gasteiger charge is 2.48. The van der Waals surface area contributed by atoms with Gasteiger partial charge in [-0.1, -0.05) is 32.1 Å². The number of hydrogen-bond acceptors (Lipinski definition) is 4. The van der Waals surface area contributed by atoms with Gasteiger partial charge in [0.05, 0.1) is 18.3 Å². The molecule has 5 rings (SSSR count). The lowest BCUT2D eigenvalue weighted by atomic mass is 9.92. The molecule has 1 saturated carbocycles. The normalized spacial score (nSPS) is 25.2. The molecule has 1 aliphatic carbocycles. The summed E-state index contributed by atoms with van der Waals surface area (Å²) < 4.78 is 7.56. The number of nitrogens with one attached hydrogen (secondary N) is 1. The van der Waals surface area contributed by atoms with E-state index in [2.05, 4.69) is 10.2 Å². The van der Waals surface area contributed by atoms with Gasteiger partial charge in [-0.15, -0.1) is 0 Å². The fourth-order valence-corrected chi connectivity index (χ4v) is 6.02. The van der Waals surface area contributed by atoms with Crippen molar-refractivity contribution in [3.05, 3.63) is 24.1 Å². The smallest absolute Gasteiger partial charge is 0.271 e. The Hall–Kier alpha value is -2.28. The van der Waals surface area contributed by atoms with Crippen LogP contribution in [-0.4, -0.2) is 63.9 Å². The van der Waals surface area contributed by atoms with E-state index in [0.29, 0.717) is 24.4 Å². The van der Waals surface area contributed by atoms with Gasteiger partial charge < -0.3 is 24.1 Å². The second-order valence-electron chi connectivity index (χ2n) is 10.4. The van der Waals surface area contributed by atoms with Crippen molar-refractivity contribution in [1.29, 1.82) is 0 Å². The Kier molecular flexibility index (Phi) is 6.50. The molecule has 2 amide bonds. The van der Waals surface area contributed by atoms with Crippen LogP contribution in [0.3, 0.4) is 0 Å². The van der Waals surface area contributed by atoms with Crippen LogP contribution in [0.4, 0.5) is 0 Å². The SMILES string of the molecule is C[C@@]1(C(=O)NC2CCCCCCC2)Cn2c(cc3occc32)C(=O)N1CCCN1CCCC1. The molecule has 0 radical (unpaired) electrons. The summed E-state index contributed by atoms with van der Waals surface area (Å²) in [5, 5.41) is 3.36. The molecule has 0 bridgehead atoms.